The standard InChI is InChI=1S/C16H14P.C5H5.C5H8.Zr/c1-12-6-2-5-9-16(12)17-15-10-13-7-3-4-8-14(13)11-15;1-2-4-5-3-1;1-3-5-4-2;/h2-11,17H,1H3;1-5H;3-5H,1H2,2H3;/q2*-1;;+2. The van der Waals surface area contributed by atoms with E-state index in [9.17, 15) is 0 Å². The van der Waals surface area contributed by atoms with E-state index in [0.29, 0.717) is 0 Å². The Labute approximate surface area is 190 Å². The molecule has 1 atom stereocenters. The van der Waals surface area contributed by atoms with Crippen LogP contribution in [0.4, 0.5) is 0 Å². The third-order valence-electron chi connectivity index (χ3n) is 3.93. The van der Waals surface area contributed by atoms with Crippen LogP contribution in [0.1, 0.15) is 12.5 Å². The maximum atomic E-state index is 3.46. The van der Waals surface area contributed by atoms with E-state index < -0.39 is 0 Å². The smallest absolute Gasteiger partial charge is 0.214 e. The Balaban J connectivity index is 0.000000297. The molecular formula is C26H27PZr. The summed E-state index contributed by atoms with van der Waals surface area (Å²) in [4.78, 5) is 0. The molecule has 0 saturated carbocycles. The summed E-state index contributed by atoms with van der Waals surface area (Å²) in [6.07, 6.45) is 5.58. The third kappa shape index (κ3) is 8.47. The Morgan fingerprint density at radius 2 is 1.61 bits per heavy atom. The first kappa shape index (κ1) is 24.2. The second kappa shape index (κ2) is 14.2. The van der Waals surface area contributed by atoms with E-state index in [2.05, 4.69) is 74.2 Å². The summed E-state index contributed by atoms with van der Waals surface area (Å²) in [5.74, 6) is 0. The Bertz CT molecular complexity index is 895. The minimum absolute atomic E-state index is 0. The number of benzene rings is 2. The molecule has 0 N–H and O–H groups in total. The number of hydrogen-bond acceptors (Lipinski definition) is 0. The van der Waals surface area contributed by atoms with Gasteiger partial charge in [-0.1, -0.05) is 63.7 Å². The molecule has 4 aromatic carbocycles. The molecule has 0 heterocycles. The van der Waals surface area contributed by atoms with Gasteiger partial charge in [0.05, 0.1) is 0 Å². The topological polar surface area (TPSA) is 0 Å². The first-order valence-corrected chi connectivity index (χ1v) is 10.1. The summed E-state index contributed by atoms with van der Waals surface area (Å²) >= 11 is 0. The fourth-order valence-corrected chi connectivity index (χ4v) is 3.77. The maximum absolute atomic E-state index is 3.46. The predicted molar refractivity (Wildman–Crippen MR) is 125 cm³/mol. The summed E-state index contributed by atoms with van der Waals surface area (Å²) in [5, 5.41) is 5.58. The van der Waals surface area contributed by atoms with Gasteiger partial charge in [0.1, 0.15) is 0 Å². The first-order valence-electron chi connectivity index (χ1n) is 9.13. The van der Waals surface area contributed by atoms with E-state index in [1.807, 2.05) is 49.4 Å². The zero-order valence-corrected chi connectivity index (χ0v) is 20.1. The second-order valence-electron chi connectivity index (χ2n) is 6.04. The molecule has 0 fully saturated rings. The molecule has 0 radical (unpaired) electrons. The molecule has 4 rings (SSSR count). The molecule has 28 heavy (non-hydrogen) atoms. The molecule has 140 valence electrons. The van der Waals surface area contributed by atoms with Crippen LogP contribution in [-0.2, 0) is 26.2 Å². The van der Waals surface area contributed by atoms with Crippen LogP contribution in [0.15, 0.2) is 116 Å². The Morgan fingerprint density at radius 3 is 2.14 bits per heavy atom. The van der Waals surface area contributed by atoms with Crippen LogP contribution >= 0.6 is 8.58 Å². The molecule has 0 saturated heterocycles. The van der Waals surface area contributed by atoms with Crippen LogP contribution in [0, 0.1) is 6.92 Å². The fourth-order valence-electron chi connectivity index (χ4n) is 2.55. The minimum Gasteiger partial charge on any atom is -0.214 e. The minimum atomic E-state index is 0. The third-order valence-corrected chi connectivity index (χ3v) is 5.33. The Hall–Kier alpha value is -1.81. The van der Waals surface area contributed by atoms with E-state index in [0.717, 1.165) is 8.58 Å². The zero-order valence-electron chi connectivity index (χ0n) is 16.6. The van der Waals surface area contributed by atoms with Crippen molar-refractivity contribution in [3.8, 4) is 0 Å². The Kier molecular flexibility index (Phi) is 12.3. The van der Waals surface area contributed by atoms with Crippen molar-refractivity contribution in [2.24, 2.45) is 0 Å². The molecule has 0 aliphatic rings. The van der Waals surface area contributed by atoms with Crippen molar-refractivity contribution in [1.29, 1.82) is 0 Å². The van der Waals surface area contributed by atoms with Crippen molar-refractivity contribution in [2.45, 2.75) is 13.8 Å². The van der Waals surface area contributed by atoms with Gasteiger partial charge in [0.15, 0.2) is 0 Å². The van der Waals surface area contributed by atoms with Gasteiger partial charge in [-0.25, -0.2) is 12.1 Å². The van der Waals surface area contributed by atoms with Gasteiger partial charge in [-0.3, -0.25) is 0 Å². The molecule has 0 aromatic heterocycles. The molecule has 0 aliphatic carbocycles. The van der Waals surface area contributed by atoms with Gasteiger partial charge in [0.2, 0.25) is 0 Å². The van der Waals surface area contributed by atoms with Crippen LogP contribution < -0.4 is 10.6 Å². The largest absolute Gasteiger partial charge is 2.00 e. The van der Waals surface area contributed by atoms with Gasteiger partial charge >= 0.3 is 26.2 Å². The molecule has 0 nitrogen and oxygen atoms in total. The van der Waals surface area contributed by atoms with Crippen molar-refractivity contribution in [3.05, 3.63) is 121 Å². The van der Waals surface area contributed by atoms with Crippen LogP contribution in [0.2, 0.25) is 0 Å². The number of aryl methyl sites for hydroxylation is 1. The van der Waals surface area contributed by atoms with Gasteiger partial charge in [-0.15, -0.1) is 40.3 Å². The fraction of sp³-hybridized carbons (Fsp3) is 0.0769. The van der Waals surface area contributed by atoms with Crippen LogP contribution in [0.3, 0.4) is 0 Å². The monoisotopic (exact) mass is 460 g/mol. The zero-order chi connectivity index (χ0) is 19.3. The van der Waals surface area contributed by atoms with E-state index in [1.165, 1.54) is 26.9 Å². The molecule has 0 amide bonds. The van der Waals surface area contributed by atoms with Gasteiger partial charge < -0.3 is 0 Å². The second-order valence-corrected chi connectivity index (χ2v) is 7.40. The summed E-state index contributed by atoms with van der Waals surface area (Å²) in [6.45, 7) is 7.61. The number of fused-ring (bicyclic) bond motifs is 1. The van der Waals surface area contributed by atoms with Crippen molar-refractivity contribution >= 4 is 30.0 Å². The van der Waals surface area contributed by atoms with E-state index in [-0.39, 0.29) is 26.2 Å². The van der Waals surface area contributed by atoms with Gasteiger partial charge in [-0.05, 0) is 24.7 Å². The number of rotatable bonds is 3. The van der Waals surface area contributed by atoms with Crippen LogP contribution in [0.25, 0.3) is 10.8 Å². The van der Waals surface area contributed by atoms with E-state index in [4.69, 9.17) is 0 Å². The van der Waals surface area contributed by atoms with Crippen molar-refractivity contribution in [3.63, 3.8) is 0 Å². The van der Waals surface area contributed by atoms with Gasteiger partial charge in [-0.2, -0.15) is 24.3 Å². The SMILES string of the molecule is C=CC=CC.Cc1ccccc1Pc1cc2ccccc2[cH-]1.[Zr+2].c1cc[cH-]c1. The average Bonchev–Trinajstić information content (AvgIpc) is 3.37. The molecule has 1 unspecified atom stereocenters. The van der Waals surface area contributed by atoms with Gasteiger partial charge in [0, 0.05) is 0 Å². The molecule has 0 aliphatic heterocycles. The normalized spacial score (nSPS) is 10.1. The molecule has 0 spiro atoms. The maximum Gasteiger partial charge on any atom is 2.00 e. The average molecular weight is 462 g/mol. The predicted octanol–water partition coefficient (Wildman–Crippen LogP) is 6.65. The van der Waals surface area contributed by atoms with Crippen molar-refractivity contribution in [2.75, 3.05) is 0 Å². The van der Waals surface area contributed by atoms with Crippen LogP contribution in [0.5, 0.6) is 0 Å². The van der Waals surface area contributed by atoms with E-state index in [1.54, 1.807) is 6.08 Å². The molecule has 0 bridgehead atoms. The summed E-state index contributed by atoms with van der Waals surface area (Å²) in [7, 11) is 0.759. The Morgan fingerprint density at radius 1 is 0.929 bits per heavy atom. The molecule has 4 aromatic rings. The van der Waals surface area contributed by atoms with Gasteiger partial charge in [0.25, 0.3) is 0 Å². The summed E-state index contributed by atoms with van der Waals surface area (Å²) < 4.78 is 0. The van der Waals surface area contributed by atoms with Crippen molar-refractivity contribution < 1.29 is 26.2 Å². The van der Waals surface area contributed by atoms with Crippen molar-refractivity contribution in [1.82, 2.24) is 0 Å². The quantitative estimate of drug-likeness (QED) is 0.182. The summed E-state index contributed by atoms with van der Waals surface area (Å²) in [5.41, 5.74) is 1.39. The molecular weight excluding hydrogens is 434 g/mol. The summed E-state index contributed by atoms with van der Waals surface area (Å²) in [6, 6.07) is 31.8. The molecule has 2 heteroatoms. The number of allylic oxidation sites excluding steroid dienone is 3. The van der Waals surface area contributed by atoms with E-state index >= 15 is 0 Å². The number of hydrogen-bond donors (Lipinski definition) is 0. The first-order chi connectivity index (χ1) is 13.2. The van der Waals surface area contributed by atoms with Crippen LogP contribution in [-0.4, -0.2) is 0 Å².